The lowest BCUT2D eigenvalue weighted by atomic mass is 10.1. The highest BCUT2D eigenvalue weighted by molar-refractivity contribution is 9.10. The van der Waals surface area contributed by atoms with Gasteiger partial charge in [0.15, 0.2) is 6.79 Å². The fourth-order valence-electron chi connectivity index (χ4n) is 1.74. The van der Waals surface area contributed by atoms with E-state index in [-0.39, 0.29) is 6.79 Å². The molecule has 0 aliphatic rings. The third kappa shape index (κ3) is 3.82. The number of nitrogens with zero attached hydrogens (tertiary/aromatic N) is 2. The minimum Gasteiger partial charge on any atom is -0.466 e. The topological polar surface area (TPSA) is 45.5 Å². The van der Waals surface area contributed by atoms with Crippen molar-refractivity contribution >= 4 is 15.9 Å². The van der Waals surface area contributed by atoms with Gasteiger partial charge in [-0.2, -0.15) is 5.10 Å². The number of halogens is 1. The fourth-order valence-corrected chi connectivity index (χ4v) is 2.10. The first-order valence-electron chi connectivity index (χ1n) is 6.17. The normalized spacial score (nSPS) is 10.8. The Morgan fingerprint density at radius 3 is 2.80 bits per heavy atom. The van der Waals surface area contributed by atoms with Gasteiger partial charge in [0, 0.05) is 26.0 Å². The lowest BCUT2D eigenvalue weighted by Gasteiger charge is -2.08. The van der Waals surface area contributed by atoms with E-state index in [0.717, 1.165) is 27.9 Å². The zero-order valence-electron chi connectivity index (χ0n) is 11.5. The summed E-state index contributed by atoms with van der Waals surface area (Å²) in [6.45, 7) is 1.60. The molecule has 0 fully saturated rings. The van der Waals surface area contributed by atoms with Crippen LogP contribution in [0.3, 0.4) is 0 Å². The molecule has 0 N–H and O–H groups in total. The molecule has 6 heteroatoms. The second-order valence-corrected chi connectivity index (χ2v) is 5.04. The van der Waals surface area contributed by atoms with Crippen LogP contribution in [0.4, 0.5) is 0 Å². The van der Waals surface area contributed by atoms with Gasteiger partial charge < -0.3 is 14.2 Å². The van der Waals surface area contributed by atoms with Crippen LogP contribution < -0.4 is 4.74 Å². The average Bonchev–Trinajstić information content (AvgIpc) is 2.93. The molecule has 5 nitrogen and oxygen atoms in total. The minimum absolute atomic E-state index is 0.217. The first-order chi connectivity index (χ1) is 9.74. The summed E-state index contributed by atoms with van der Waals surface area (Å²) in [6, 6.07) is 5.93. The smallest absolute Gasteiger partial charge is 0.188 e. The average molecular weight is 341 g/mol. The zero-order valence-corrected chi connectivity index (χ0v) is 13.1. The van der Waals surface area contributed by atoms with Gasteiger partial charge in [-0.05, 0) is 33.6 Å². The maximum Gasteiger partial charge on any atom is 0.188 e. The SMILES string of the molecule is COCCn1cc(-c2ccc(Br)c(OCOC)c2)cn1. The molecule has 0 saturated carbocycles. The molecule has 2 rings (SSSR count). The van der Waals surface area contributed by atoms with Crippen LogP contribution in [0.15, 0.2) is 35.1 Å². The van der Waals surface area contributed by atoms with Crippen molar-refractivity contribution < 1.29 is 14.2 Å². The van der Waals surface area contributed by atoms with E-state index in [0.29, 0.717) is 6.61 Å². The van der Waals surface area contributed by atoms with Crippen LogP contribution in [-0.4, -0.2) is 37.4 Å². The van der Waals surface area contributed by atoms with Crippen LogP contribution >= 0.6 is 15.9 Å². The van der Waals surface area contributed by atoms with E-state index in [2.05, 4.69) is 21.0 Å². The Hall–Kier alpha value is -1.37. The van der Waals surface area contributed by atoms with Crippen LogP contribution in [0, 0.1) is 0 Å². The van der Waals surface area contributed by atoms with Gasteiger partial charge in [-0.15, -0.1) is 0 Å². The van der Waals surface area contributed by atoms with E-state index in [1.807, 2.05) is 35.3 Å². The summed E-state index contributed by atoms with van der Waals surface area (Å²) < 4.78 is 18.2. The lowest BCUT2D eigenvalue weighted by molar-refractivity contribution is 0.0506. The summed E-state index contributed by atoms with van der Waals surface area (Å²) >= 11 is 3.45. The summed E-state index contributed by atoms with van der Waals surface area (Å²) in [5.41, 5.74) is 2.08. The summed E-state index contributed by atoms with van der Waals surface area (Å²) in [5.74, 6) is 0.744. The molecule has 108 valence electrons. The van der Waals surface area contributed by atoms with Crippen LogP contribution in [0.25, 0.3) is 11.1 Å². The number of hydrogen-bond acceptors (Lipinski definition) is 4. The molecule has 0 radical (unpaired) electrons. The van der Waals surface area contributed by atoms with Crippen molar-refractivity contribution in [1.82, 2.24) is 9.78 Å². The number of ether oxygens (including phenoxy) is 3. The Labute approximate surface area is 126 Å². The monoisotopic (exact) mass is 340 g/mol. The Bertz CT molecular complexity index is 557. The van der Waals surface area contributed by atoms with Crippen molar-refractivity contribution in [3.05, 3.63) is 35.1 Å². The second-order valence-electron chi connectivity index (χ2n) is 4.18. The summed E-state index contributed by atoms with van der Waals surface area (Å²) in [4.78, 5) is 0. The Balaban J connectivity index is 2.17. The zero-order chi connectivity index (χ0) is 14.4. The summed E-state index contributed by atoms with van der Waals surface area (Å²) in [7, 11) is 3.27. The van der Waals surface area contributed by atoms with Crippen LogP contribution in [0.2, 0.25) is 0 Å². The standard InChI is InChI=1S/C14H17BrN2O3/c1-18-6-5-17-9-12(8-16-17)11-3-4-13(15)14(7-11)20-10-19-2/h3-4,7-9H,5-6,10H2,1-2H3. The third-order valence-corrected chi connectivity index (χ3v) is 3.41. The van der Waals surface area contributed by atoms with Crippen molar-refractivity contribution in [2.45, 2.75) is 6.54 Å². The van der Waals surface area contributed by atoms with Crippen molar-refractivity contribution in [3.8, 4) is 16.9 Å². The van der Waals surface area contributed by atoms with Crippen molar-refractivity contribution in [1.29, 1.82) is 0 Å². The molecule has 1 heterocycles. The molecule has 0 atom stereocenters. The molecule has 20 heavy (non-hydrogen) atoms. The first-order valence-corrected chi connectivity index (χ1v) is 6.97. The Kier molecular flexibility index (Phi) is 5.58. The van der Waals surface area contributed by atoms with E-state index in [1.165, 1.54) is 0 Å². The molecule has 0 aliphatic carbocycles. The molecule has 1 aromatic heterocycles. The van der Waals surface area contributed by atoms with E-state index in [9.17, 15) is 0 Å². The van der Waals surface area contributed by atoms with Gasteiger partial charge in [-0.1, -0.05) is 6.07 Å². The first kappa shape index (κ1) is 15.0. The molecule has 0 bridgehead atoms. The third-order valence-electron chi connectivity index (χ3n) is 2.75. The minimum atomic E-state index is 0.217. The van der Waals surface area contributed by atoms with Gasteiger partial charge in [-0.3, -0.25) is 4.68 Å². The number of rotatable bonds is 7. The molecule has 0 spiro atoms. The quantitative estimate of drug-likeness (QED) is 0.727. The second kappa shape index (κ2) is 7.42. The van der Waals surface area contributed by atoms with Gasteiger partial charge in [-0.25, -0.2) is 0 Å². The number of aromatic nitrogens is 2. The Morgan fingerprint density at radius 2 is 2.05 bits per heavy atom. The van der Waals surface area contributed by atoms with Gasteiger partial charge in [0.25, 0.3) is 0 Å². The lowest BCUT2D eigenvalue weighted by Crippen LogP contribution is -2.03. The molecular formula is C14H17BrN2O3. The van der Waals surface area contributed by atoms with Crippen molar-refractivity contribution in [3.63, 3.8) is 0 Å². The molecular weight excluding hydrogens is 324 g/mol. The molecule has 0 aliphatic heterocycles. The van der Waals surface area contributed by atoms with Crippen LogP contribution in [0.5, 0.6) is 5.75 Å². The predicted octanol–water partition coefficient (Wildman–Crippen LogP) is 2.94. The molecule has 0 saturated heterocycles. The highest BCUT2D eigenvalue weighted by atomic mass is 79.9. The predicted molar refractivity (Wildman–Crippen MR) is 79.7 cm³/mol. The van der Waals surface area contributed by atoms with E-state index in [4.69, 9.17) is 14.2 Å². The number of benzene rings is 1. The largest absolute Gasteiger partial charge is 0.466 e. The highest BCUT2D eigenvalue weighted by Gasteiger charge is 2.07. The maximum absolute atomic E-state index is 5.50. The van der Waals surface area contributed by atoms with Crippen LogP contribution in [-0.2, 0) is 16.0 Å². The maximum atomic E-state index is 5.50. The number of methoxy groups -OCH3 is 2. The van der Waals surface area contributed by atoms with Crippen molar-refractivity contribution in [2.24, 2.45) is 0 Å². The molecule has 0 unspecified atom stereocenters. The Morgan fingerprint density at radius 1 is 1.20 bits per heavy atom. The van der Waals surface area contributed by atoms with E-state index >= 15 is 0 Å². The van der Waals surface area contributed by atoms with E-state index < -0.39 is 0 Å². The fraction of sp³-hybridized carbons (Fsp3) is 0.357. The van der Waals surface area contributed by atoms with Gasteiger partial charge in [0.05, 0.1) is 23.8 Å². The molecule has 0 amide bonds. The summed E-state index contributed by atoms with van der Waals surface area (Å²) in [6.07, 6.45) is 3.82. The van der Waals surface area contributed by atoms with Gasteiger partial charge in [0.1, 0.15) is 5.75 Å². The van der Waals surface area contributed by atoms with Crippen molar-refractivity contribution in [2.75, 3.05) is 27.6 Å². The number of hydrogen-bond donors (Lipinski definition) is 0. The van der Waals surface area contributed by atoms with Gasteiger partial charge >= 0.3 is 0 Å². The highest BCUT2D eigenvalue weighted by Crippen LogP contribution is 2.30. The van der Waals surface area contributed by atoms with Gasteiger partial charge in [0.2, 0.25) is 0 Å². The molecule has 2 aromatic rings. The summed E-state index contributed by atoms with van der Waals surface area (Å²) in [5, 5.41) is 4.30. The van der Waals surface area contributed by atoms with Crippen LogP contribution in [0.1, 0.15) is 0 Å². The van der Waals surface area contributed by atoms with E-state index in [1.54, 1.807) is 14.2 Å². The molecule has 1 aromatic carbocycles.